The van der Waals surface area contributed by atoms with Gasteiger partial charge in [0.2, 0.25) is 5.95 Å². The molecule has 5 heteroatoms. The topological polar surface area (TPSA) is 48.5 Å². The number of aromatic nitrogens is 5. The number of hydrogen-bond donors (Lipinski definition) is 0. The third-order valence-electron chi connectivity index (χ3n) is 7.15. The van der Waals surface area contributed by atoms with E-state index in [2.05, 4.69) is 127 Å². The van der Waals surface area contributed by atoms with Crippen molar-refractivity contribution in [2.45, 2.75) is 0 Å². The molecule has 0 aliphatic carbocycles. The van der Waals surface area contributed by atoms with Gasteiger partial charge in [0.05, 0.1) is 22.1 Å². The zero-order valence-corrected chi connectivity index (χ0v) is 19.2. The van der Waals surface area contributed by atoms with Gasteiger partial charge in [-0.3, -0.25) is 4.57 Å². The van der Waals surface area contributed by atoms with Gasteiger partial charge in [0.1, 0.15) is 12.7 Å². The largest absolute Gasteiger partial charge is 0.309 e. The molecule has 168 valence electrons. The second-order valence-electron chi connectivity index (χ2n) is 9.00. The first-order valence-corrected chi connectivity index (χ1v) is 12.0. The van der Waals surface area contributed by atoms with E-state index in [4.69, 9.17) is 0 Å². The van der Waals surface area contributed by atoms with E-state index in [1.165, 1.54) is 43.4 Å². The Labute approximate surface area is 205 Å². The van der Waals surface area contributed by atoms with Crippen molar-refractivity contribution in [1.82, 2.24) is 24.1 Å². The van der Waals surface area contributed by atoms with Crippen LogP contribution in [0.5, 0.6) is 0 Å². The molecule has 0 saturated carbocycles. The van der Waals surface area contributed by atoms with Gasteiger partial charge in [-0.15, -0.1) is 0 Å². The van der Waals surface area contributed by atoms with Gasteiger partial charge in [-0.2, -0.15) is 0 Å². The molecular formula is C31H19N5. The van der Waals surface area contributed by atoms with Crippen LogP contribution in [-0.2, 0) is 0 Å². The quantitative estimate of drug-likeness (QED) is 0.273. The molecule has 0 amide bonds. The molecule has 36 heavy (non-hydrogen) atoms. The van der Waals surface area contributed by atoms with Crippen LogP contribution in [0.25, 0.3) is 66.0 Å². The first-order chi connectivity index (χ1) is 17.9. The second-order valence-corrected chi connectivity index (χ2v) is 9.00. The number of nitrogens with zero attached hydrogens (tertiary/aromatic N) is 5. The van der Waals surface area contributed by atoms with E-state index >= 15 is 0 Å². The van der Waals surface area contributed by atoms with Crippen LogP contribution in [-0.4, -0.2) is 24.1 Å². The summed E-state index contributed by atoms with van der Waals surface area (Å²) in [6.07, 6.45) is 3.10. The molecule has 3 heterocycles. The fourth-order valence-electron chi connectivity index (χ4n) is 5.73. The van der Waals surface area contributed by atoms with Gasteiger partial charge in [0.15, 0.2) is 0 Å². The van der Waals surface area contributed by atoms with Crippen molar-refractivity contribution in [3.63, 3.8) is 0 Å². The summed E-state index contributed by atoms with van der Waals surface area (Å²) in [6, 6.07) is 36.7. The molecule has 8 aromatic rings. The predicted octanol–water partition coefficient (Wildman–Crippen LogP) is 7.22. The van der Waals surface area contributed by atoms with Gasteiger partial charge in [-0.1, -0.05) is 72.8 Å². The van der Waals surface area contributed by atoms with Crippen molar-refractivity contribution in [1.29, 1.82) is 0 Å². The van der Waals surface area contributed by atoms with Crippen LogP contribution in [0, 0.1) is 0 Å². The molecule has 0 spiro atoms. The lowest BCUT2D eigenvalue weighted by Crippen LogP contribution is -2.00. The highest BCUT2D eigenvalue weighted by Gasteiger charge is 2.20. The summed E-state index contributed by atoms with van der Waals surface area (Å²) in [4.78, 5) is 13.0. The van der Waals surface area contributed by atoms with E-state index in [1.54, 1.807) is 12.7 Å². The number of para-hydroxylation sites is 3. The Morgan fingerprint density at radius 3 is 1.94 bits per heavy atom. The number of rotatable bonds is 2. The van der Waals surface area contributed by atoms with Gasteiger partial charge < -0.3 is 4.57 Å². The highest BCUT2D eigenvalue weighted by molar-refractivity contribution is 6.30. The minimum Gasteiger partial charge on any atom is -0.309 e. The SMILES string of the molecule is c1ccc(-n2c3ccccc3c3ccc4ccc5c(c6ccccc6n5-c5ncncn5)c4c32)cc1. The number of fused-ring (bicyclic) bond motifs is 9. The van der Waals surface area contributed by atoms with E-state index in [1.807, 2.05) is 0 Å². The van der Waals surface area contributed by atoms with Crippen molar-refractivity contribution >= 4 is 54.4 Å². The van der Waals surface area contributed by atoms with Crippen LogP contribution in [0.3, 0.4) is 0 Å². The van der Waals surface area contributed by atoms with Crippen LogP contribution in [0.1, 0.15) is 0 Å². The minimum absolute atomic E-state index is 0.617. The average molecular weight is 462 g/mol. The highest BCUT2D eigenvalue weighted by atomic mass is 15.2. The van der Waals surface area contributed by atoms with Crippen molar-refractivity contribution in [2.75, 3.05) is 0 Å². The van der Waals surface area contributed by atoms with Crippen LogP contribution < -0.4 is 0 Å². The van der Waals surface area contributed by atoms with E-state index in [0.29, 0.717) is 5.95 Å². The van der Waals surface area contributed by atoms with E-state index < -0.39 is 0 Å². The van der Waals surface area contributed by atoms with Crippen molar-refractivity contribution < 1.29 is 0 Å². The summed E-state index contributed by atoms with van der Waals surface area (Å²) in [5, 5.41) is 7.30. The monoisotopic (exact) mass is 461 g/mol. The van der Waals surface area contributed by atoms with Gasteiger partial charge >= 0.3 is 0 Å². The zero-order chi connectivity index (χ0) is 23.6. The van der Waals surface area contributed by atoms with E-state index in [0.717, 1.165) is 16.7 Å². The normalized spacial score (nSPS) is 11.9. The summed E-state index contributed by atoms with van der Waals surface area (Å²) >= 11 is 0. The molecule has 8 rings (SSSR count). The lowest BCUT2D eigenvalue weighted by Gasteiger charge is -2.11. The molecule has 0 saturated heterocycles. The first kappa shape index (κ1) is 19.3. The molecule has 0 fully saturated rings. The molecule has 5 nitrogen and oxygen atoms in total. The maximum Gasteiger partial charge on any atom is 0.237 e. The maximum absolute atomic E-state index is 4.50. The third-order valence-corrected chi connectivity index (χ3v) is 7.15. The standard InChI is InChI=1S/C31H19N5/c1-2-8-21(9-3-1)35-25-12-6-4-10-22(25)23-16-14-20-15-17-27-29(28(20)30(23)35)24-11-5-7-13-26(24)36(27)31-33-18-32-19-34-31/h1-19H. The molecule has 0 N–H and O–H groups in total. The van der Waals surface area contributed by atoms with Crippen molar-refractivity contribution in [3.8, 4) is 11.6 Å². The Hall–Kier alpha value is -5.03. The summed E-state index contributed by atoms with van der Waals surface area (Å²) in [7, 11) is 0. The lowest BCUT2D eigenvalue weighted by molar-refractivity contribution is 0.940. The Bertz CT molecular complexity index is 2090. The minimum atomic E-state index is 0.617. The first-order valence-electron chi connectivity index (χ1n) is 12.0. The van der Waals surface area contributed by atoms with Crippen molar-refractivity contribution in [2.24, 2.45) is 0 Å². The smallest absolute Gasteiger partial charge is 0.237 e. The molecule has 0 aliphatic rings. The van der Waals surface area contributed by atoms with Crippen LogP contribution in [0.4, 0.5) is 0 Å². The predicted molar refractivity (Wildman–Crippen MR) is 146 cm³/mol. The highest BCUT2D eigenvalue weighted by Crippen LogP contribution is 2.42. The summed E-state index contributed by atoms with van der Waals surface area (Å²) in [6.45, 7) is 0. The second kappa shape index (κ2) is 7.23. The van der Waals surface area contributed by atoms with E-state index in [9.17, 15) is 0 Å². The molecule has 0 unspecified atom stereocenters. The maximum atomic E-state index is 4.50. The van der Waals surface area contributed by atoms with Gasteiger partial charge in [0.25, 0.3) is 0 Å². The average Bonchev–Trinajstić information content (AvgIpc) is 3.47. The van der Waals surface area contributed by atoms with Gasteiger partial charge in [0, 0.05) is 32.6 Å². The molecule has 0 atom stereocenters. The van der Waals surface area contributed by atoms with Crippen molar-refractivity contribution in [3.05, 3.63) is 116 Å². The van der Waals surface area contributed by atoms with Gasteiger partial charge in [-0.05, 0) is 35.7 Å². The molecular weight excluding hydrogens is 442 g/mol. The van der Waals surface area contributed by atoms with Crippen LogP contribution in [0.15, 0.2) is 116 Å². The Morgan fingerprint density at radius 2 is 1.14 bits per heavy atom. The van der Waals surface area contributed by atoms with E-state index in [-0.39, 0.29) is 0 Å². The van der Waals surface area contributed by atoms with Gasteiger partial charge in [-0.25, -0.2) is 15.0 Å². The number of benzene rings is 5. The fraction of sp³-hybridized carbons (Fsp3) is 0. The number of hydrogen-bond acceptors (Lipinski definition) is 3. The summed E-state index contributed by atoms with van der Waals surface area (Å²) in [5.41, 5.74) is 5.71. The van der Waals surface area contributed by atoms with Crippen LogP contribution >= 0.6 is 0 Å². The summed E-state index contributed by atoms with van der Waals surface area (Å²) < 4.78 is 4.54. The Balaban J connectivity index is 1.68. The molecule has 0 radical (unpaired) electrons. The molecule has 5 aromatic carbocycles. The molecule has 3 aromatic heterocycles. The zero-order valence-electron chi connectivity index (χ0n) is 19.2. The fourth-order valence-corrected chi connectivity index (χ4v) is 5.73. The summed E-state index contributed by atoms with van der Waals surface area (Å²) in [5.74, 6) is 0.617. The molecule has 0 aliphatic heterocycles. The third kappa shape index (κ3) is 2.51. The Morgan fingerprint density at radius 1 is 0.472 bits per heavy atom. The molecule has 0 bridgehead atoms. The Kier molecular flexibility index (Phi) is 3.88. The lowest BCUT2D eigenvalue weighted by atomic mass is 10.0. The van der Waals surface area contributed by atoms with Crippen LogP contribution in [0.2, 0.25) is 0 Å².